The van der Waals surface area contributed by atoms with Gasteiger partial charge in [-0.2, -0.15) is 0 Å². The van der Waals surface area contributed by atoms with Gasteiger partial charge in [-0.1, -0.05) is 6.08 Å². The molecule has 0 saturated carbocycles. The Morgan fingerprint density at radius 3 is 2.55 bits per heavy atom. The highest BCUT2D eigenvalue weighted by Crippen LogP contribution is 1.97. The van der Waals surface area contributed by atoms with E-state index in [9.17, 15) is 4.79 Å². The van der Waals surface area contributed by atoms with E-state index in [2.05, 4.69) is 0 Å². The minimum Gasteiger partial charge on any atom is -0.495 e. The standard InChI is InChI=1S/C8H13NO2/c1-4-5-8(11-3)6-9(2)7-10/h4-7H,1-3H3/b5-4-,8-6+. The summed E-state index contributed by atoms with van der Waals surface area (Å²) in [5.74, 6) is 0.655. The van der Waals surface area contributed by atoms with Gasteiger partial charge >= 0.3 is 0 Å². The molecule has 0 aromatic carbocycles. The Morgan fingerprint density at radius 1 is 1.55 bits per heavy atom. The number of nitrogens with zero attached hydrogens (tertiary/aromatic N) is 1. The zero-order chi connectivity index (χ0) is 8.69. The number of methoxy groups -OCH3 is 1. The first-order valence-electron chi connectivity index (χ1n) is 3.30. The summed E-state index contributed by atoms with van der Waals surface area (Å²) >= 11 is 0. The van der Waals surface area contributed by atoms with Crippen molar-refractivity contribution in [3.8, 4) is 0 Å². The molecule has 0 aromatic heterocycles. The molecule has 0 heterocycles. The molecule has 0 fully saturated rings. The van der Waals surface area contributed by atoms with Crippen molar-refractivity contribution in [3.05, 3.63) is 24.1 Å². The first-order valence-corrected chi connectivity index (χ1v) is 3.30. The topological polar surface area (TPSA) is 29.5 Å². The normalized spacial score (nSPS) is 11.7. The highest BCUT2D eigenvalue weighted by atomic mass is 16.5. The van der Waals surface area contributed by atoms with Crippen LogP contribution in [0.15, 0.2) is 24.1 Å². The summed E-state index contributed by atoms with van der Waals surface area (Å²) in [4.78, 5) is 11.5. The van der Waals surface area contributed by atoms with Crippen molar-refractivity contribution >= 4 is 6.41 Å². The van der Waals surface area contributed by atoms with Crippen LogP contribution in [-0.4, -0.2) is 25.5 Å². The van der Waals surface area contributed by atoms with Crippen LogP contribution in [0.1, 0.15) is 6.92 Å². The third-order valence-corrected chi connectivity index (χ3v) is 1.06. The van der Waals surface area contributed by atoms with Crippen molar-refractivity contribution in [2.75, 3.05) is 14.2 Å². The van der Waals surface area contributed by atoms with Crippen LogP contribution in [0.5, 0.6) is 0 Å². The lowest BCUT2D eigenvalue weighted by Crippen LogP contribution is -2.07. The summed E-state index contributed by atoms with van der Waals surface area (Å²) in [5.41, 5.74) is 0. The zero-order valence-corrected chi connectivity index (χ0v) is 7.07. The molecule has 11 heavy (non-hydrogen) atoms. The maximum absolute atomic E-state index is 10.2. The molecule has 3 heteroatoms. The van der Waals surface area contributed by atoms with Crippen LogP contribution in [0.3, 0.4) is 0 Å². The SMILES string of the molecule is C/C=C\C(=C/N(C)C=O)OC. The molecule has 0 radical (unpaired) electrons. The van der Waals surface area contributed by atoms with Gasteiger partial charge < -0.3 is 9.64 Å². The van der Waals surface area contributed by atoms with E-state index in [1.54, 1.807) is 26.4 Å². The first kappa shape index (κ1) is 9.75. The monoisotopic (exact) mass is 155 g/mol. The van der Waals surface area contributed by atoms with Gasteiger partial charge in [0.1, 0.15) is 5.76 Å². The number of ether oxygens (including phenoxy) is 1. The third kappa shape index (κ3) is 4.19. The van der Waals surface area contributed by atoms with Gasteiger partial charge in [-0.15, -0.1) is 0 Å². The average Bonchev–Trinajstić information content (AvgIpc) is 2.03. The fourth-order valence-corrected chi connectivity index (χ4v) is 0.559. The van der Waals surface area contributed by atoms with E-state index in [0.717, 1.165) is 0 Å². The lowest BCUT2D eigenvalue weighted by atomic mass is 10.4. The van der Waals surface area contributed by atoms with Crippen LogP contribution < -0.4 is 0 Å². The second-order valence-electron chi connectivity index (χ2n) is 2.01. The second-order valence-corrected chi connectivity index (χ2v) is 2.01. The maximum atomic E-state index is 10.2. The van der Waals surface area contributed by atoms with E-state index >= 15 is 0 Å². The lowest BCUT2D eigenvalue weighted by Gasteiger charge is -2.05. The van der Waals surface area contributed by atoms with Crippen LogP contribution in [0.25, 0.3) is 0 Å². The first-order chi connectivity index (χ1) is 5.24. The number of allylic oxidation sites excluding steroid dienone is 2. The van der Waals surface area contributed by atoms with Gasteiger partial charge in [0.25, 0.3) is 0 Å². The van der Waals surface area contributed by atoms with E-state index in [0.29, 0.717) is 12.2 Å². The van der Waals surface area contributed by atoms with Crippen LogP contribution in [-0.2, 0) is 9.53 Å². The van der Waals surface area contributed by atoms with E-state index in [4.69, 9.17) is 4.74 Å². The Morgan fingerprint density at radius 2 is 2.18 bits per heavy atom. The fourth-order valence-electron chi connectivity index (χ4n) is 0.559. The number of hydrogen-bond acceptors (Lipinski definition) is 2. The van der Waals surface area contributed by atoms with Gasteiger partial charge in [0, 0.05) is 13.2 Å². The molecular formula is C8H13NO2. The van der Waals surface area contributed by atoms with Crippen LogP contribution in [0.4, 0.5) is 0 Å². The Labute approximate surface area is 66.9 Å². The summed E-state index contributed by atoms with van der Waals surface area (Å²) in [6, 6.07) is 0. The molecule has 0 unspecified atom stereocenters. The van der Waals surface area contributed by atoms with Crippen molar-refractivity contribution < 1.29 is 9.53 Å². The molecule has 0 saturated heterocycles. The Hall–Kier alpha value is -1.25. The number of carbonyl (C=O) groups is 1. The van der Waals surface area contributed by atoms with Gasteiger partial charge in [0.15, 0.2) is 0 Å². The summed E-state index contributed by atoms with van der Waals surface area (Å²) < 4.78 is 4.94. The van der Waals surface area contributed by atoms with Crippen molar-refractivity contribution in [2.24, 2.45) is 0 Å². The smallest absolute Gasteiger partial charge is 0.213 e. The molecule has 0 bridgehead atoms. The van der Waals surface area contributed by atoms with Crippen molar-refractivity contribution in [1.82, 2.24) is 4.90 Å². The molecule has 62 valence electrons. The molecule has 0 aliphatic carbocycles. The van der Waals surface area contributed by atoms with Crippen LogP contribution in [0, 0.1) is 0 Å². The Balaban J connectivity index is 4.21. The molecule has 0 aliphatic rings. The van der Waals surface area contributed by atoms with Gasteiger partial charge in [-0.25, -0.2) is 0 Å². The van der Waals surface area contributed by atoms with E-state index in [-0.39, 0.29) is 0 Å². The van der Waals surface area contributed by atoms with Crippen LogP contribution in [0.2, 0.25) is 0 Å². The summed E-state index contributed by atoms with van der Waals surface area (Å²) in [6.07, 6.45) is 5.93. The summed E-state index contributed by atoms with van der Waals surface area (Å²) in [6.45, 7) is 1.88. The van der Waals surface area contributed by atoms with Crippen molar-refractivity contribution in [1.29, 1.82) is 0 Å². The minimum absolute atomic E-state index is 0.655. The number of amides is 1. The number of hydrogen-bond donors (Lipinski definition) is 0. The zero-order valence-electron chi connectivity index (χ0n) is 7.07. The summed E-state index contributed by atoms with van der Waals surface area (Å²) in [5, 5.41) is 0. The molecule has 0 spiro atoms. The van der Waals surface area contributed by atoms with Gasteiger partial charge in [-0.05, 0) is 13.0 Å². The van der Waals surface area contributed by atoms with Gasteiger partial charge in [-0.3, -0.25) is 4.79 Å². The molecule has 0 atom stereocenters. The maximum Gasteiger partial charge on any atom is 0.213 e. The van der Waals surface area contributed by atoms with Crippen molar-refractivity contribution in [2.45, 2.75) is 6.92 Å². The van der Waals surface area contributed by atoms with E-state index < -0.39 is 0 Å². The predicted octanol–water partition coefficient (Wildman–Crippen LogP) is 1.14. The highest BCUT2D eigenvalue weighted by Gasteiger charge is 1.90. The largest absolute Gasteiger partial charge is 0.495 e. The fraction of sp³-hybridized carbons (Fsp3) is 0.375. The van der Waals surface area contributed by atoms with E-state index in [1.807, 2.05) is 13.0 Å². The highest BCUT2D eigenvalue weighted by molar-refractivity contribution is 5.48. The molecular weight excluding hydrogens is 142 g/mol. The average molecular weight is 155 g/mol. The lowest BCUT2D eigenvalue weighted by molar-refractivity contribution is -0.115. The molecule has 0 aliphatic heterocycles. The molecule has 3 nitrogen and oxygen atoms in total. The summed E-state index contributed by atoms with van der Waals surface area (Å²) in [7, 11) is 3.21. The quantitative estimate of drug-likeness (QED) is 0.346. The Kier molecular flexibility index (Phi) is 4.90. The molecule has 1 amide bonds. The van der Waals surface area contributed by atoms with Crippen LogP contribution >= 0.6 is 0 Å². The minimum atomic E-state index is 0.655. The predicted molar refractivity (Wildman–Crippen MR) is 43.7 cm³/mol. The number of rotatable bonds is 4. The Bertz CT molecular complexity index is 173. The molecule has 0 N–H and O–H groups in total. The van der Waals surface area contributed by atoms with E-state index in [1.165, 1.54) is 4.90 Å². The molecule has 0 aromatic rings. The number of carbonyl (C=O) groups excluding carboxylic acids is 1. The van der Waals surface area contributed by atoms with Crippen molar-refractivity contribution in [3.63, 3.8) is 0 Å². The molecule has 0 rings (SSSR count). The van der Waals surface area contributed by atoms with Gasteiger partial charge in [0.05, 0.1) is 7.11 Å². The third-order valence-electron chi connectivity index (χ3n) is 1.06. The second kappa shape index (κ2) is 5.53. The van der Waals surface area contributed by atoms with Gasteiger partial charge in [0.2, 0.25) is 6.41 Å².